The summed E-state index contributed by atoms with van der Waals surface area (Å²) in [5.41, 5.74) is 1.43. The molecule has 2 heterocycles. The Hall–Kier alpha value is -3.03. The molecule has 0 unspecified atom stereocenters. The zero-order chi connectivity index (χ0) is 17.6. The van der Waals surface area contributed by atoms with Gasteiger partial charge in [-0.3, -0.25) is 4.79 Å². The highest BCUT2D eigenvalue weighted by Crippen LogP contribution is 2.33. The molecule has 132 valence electrons. The topological polar surface area (TPSA) is 88.6 Å². The quantitative estimate of drug-likeness (QED) is 0.761. The van der Waals surface area contributed by atoms with Gasteiger partial charge >= 0.3 is 0 Å². The zero-order valence-electron chi connectivity index (χ0n) is 14.3. The number of ether oxygens (including phenoxy) is 2. The van der Waals surface area contributed by atoms with E-state index in [1.54, 1.807) is 24.4 Å². The molecule has 3 rings (SSSR count). The average molecular weight is 343 g/mol. The van der Waals surface area contributed by atoms with E-state index in [1.807, 2.05) is 25.1 Å². The number of nitrogens with zero attached hydrogens (tertiary/aromatic N) is 3. The van der Waals surface area contributed by atoms with E-state index in [9.17, 15) is 4.79 Å². The van der Waals surface area contributed by atoms with E-state index >= 15 is 0 Å². The molecule has 8 heteroatoms. The third-order valence-electron chi connectivity index (χ3n) is 3.68. The molecule has 0 spiro atoms. The van der Waals surface area contributed by atoms with Crippen LogP contribution in [-0.2, 0) is 0 Å². The standard InChI is InChI=1S/C17H21N5O3/c1-22(2)12-10-15(21-20-11-12)18-6-7-19-17(23)13-4-3-5-14-16(13)25-9-8-24-14/h3-5,10-11H,6-9H2,1-2H3,(H,18,21)(H,19,23). The van der Waals surface area contributed by atoms with Crippen molar-refractivity contribution >= 4 is 17.4 Å². The molecule has 1 amide bonds. The zero-order valence-corrected chi connectivity index (χ0v) is 14.3. The maximum atomic E-state index is 12.4. The molecule has 1 aliphatic heterocycles. The number of anilines is 2. The number of aromatic nitrogens is 2. The van der Waals surface area contributed by atoms with Crippen LogP contribution in [-0.4, -0.2) is 56.5 Å². The van der Waals surface area contributed by atoms with Gasteiger partial charge in [-0.05, 0) is 12.1 Å². The van der Waals surface area contributed by atoms with Crippen LogP contribution < -0.4 is 25.0 Å². The predicted molar refractivity (Wildman–Crippen MR) is 94.6 cm³/mol. The third kappa shape index (κ3) is 4.09. The van der Waals surface area contributed by atoms with E-state index < -0.39 is 0 Å². The van der Waals surface area contributed by atoms with Gasteiger partial charge in [0.25, 0.3) is 5.91 Å². The third-order valence-corrected chi connectivity index (χ3v) is 3.68. The molecule has 0 atom stereocenters. The molecule has 0 saturated carbocycles. The number of para-hydroxylation sites is 1. The van der Waals surface area contributed by atoms with Crippen molar-refractivity contribution in [2.45, 2.75) is 0 Å². The maximum absolute atomic E-state index is 12.4. The highest BCUT2D eigenvalue weighted by Gasteiger charge is 2.19. The Kier molecular flexibility index (Phi) is 5.17. The number of carbonyl (C=O) groups excluding carboxylic acids is 1. The van der Waals surface area contributed by atoms with Crippen molar-refractivity contribution < 1.29 is 14.3 Å². The number of benzene rings is 1. The Labute approximate surface area is 146 Å². The smallest absolute Gasteiger partial charge is 0.255 e. The Bertz CT molecular complexity index is 751. The van der Waals surface area contributed by atoms with Crippen molar-refractivity contribution in [3.8, 4) is 11.5 Å². The molecule has 0 radical (unpaired) electrons. The lowest BCUT2D eigenvalue weighted by Crippen LogP contribution is -2.30. The highest BCUT2D eigenvalue weighted by atomic mass is 16.6. The van der Waals surface area contributed by atoms with Gasteiger partial charge in [0.05, 0.1) is 17.4 Å². The largest absolute Gasteiger partial charge is 0.486 e. The van der Waals surface area contributed by atoms with Gasteiger partial charge in [0, 0.05) is 33.3 Å². The Morgan fingerprint density at radius 3 is 2.92 bits per heavy atom. The van der Waals surface area contributed by atoms with Gasteiger partial charge in [0.1, 0.15) is 13.2 Å². The molecule has 8 nitrogen and oxygen atoms in total. The summed E-state index contributed by atoms with van der Waals surface area (Å²) in [6.07, 6.45) is 1.69. The van der Waals surface area contributed by atoms with Gasteiger partial charge in [-0.15, -0.1) is 5.10 Å². The monoisotopic (exact) mass is 343 g/mol. The van der Waals surface area contributed by atoms with Crippen LogP contribution in [0.2, 0.25) is 0 Å². The van der Waals surface area contributed by atoms with Gasteiger partial charge < -0.3 is 25.0 Å². The summed E-state index contributed by atoms with van der Waals surface area (Å²) in [4.78, 5) is 14.3. The molecular weight excluding hydrogens is 322 g/mol. The molecule has 0 bridgehead atoms. The van der Waals surface area contributed by atoms with E-state index in [-0.39, 0.29) is 5.91 Å². The van der Waals surface area contributed by atoms with E-state index in [4.69, 9.17) is 9.47 Å². The minimum Gasteiger partial charge on any atom is -0.486 e. The summed E-state index contributed by atoms with van der Waals surface area (Å²) < 4.78 is 11.1. The van der Waals surface area contributed by atoms with E-state index in [0.717, 1.165) is 5.69 Å². The van der Waals surface area contributed by atoms with Crippen molar-refractivity contribution in [3.05, 3.63) is 36.0 Å². The number of hydrogen-bond acceptors (Lipinski definition) is 7. The van der Waals surface area contributed by atoms with E-state index in [2.05, 4.69) is 20.8 Å². The Morgan fingerprint density at radius 1 is 1.24 bits per heavy atom. The normalized spacial score (nSPS) is 12.4. The van der Waals surface area contributed by atoms with E-state index in [0.29, 0.717) is 49.2 Å². The van der Waals surface area contributed by atoms with Crippen molar-refractivity contribution in [1.82, 2.24) is 15.5 Å². The molecule has 2 aromatic rings. The van der Waals surface area contributed by atoms with Crippen LogP contribution in [0.4, 0.5) is 11.5 Å². The SMILES string of the molecule is CN(C)c1cnnc(NCCNC(=O)c2cccc3c2OCCO3)c1. The number of fused-ring (bicyclic) bond motifs is 1. The first-order chi connectivity index (χ1) is 12.1. The highest BCUT2D eigenvalue weighted by molar-refractivity contribution is 5.97. The number of rotatable bonds is 6. The minimum atomic E-state index is -0.197. The second-order valence-corrected chi connectivity index (χ2v) is 5.71. The van der Waals surface area contributed by atoms with Crippen LogP contribution >= 0.6 is 0 Å². The summed E-state index contributed by atoms with van der Waals surface area (Å²) >= 11 is 0. The number of amides is 1. The first-order valence-corrected chi connectivity index (χ1v) is 8.06. The fourth-order valence-corrected chi connectivity index (χ4v) is 2.40. The van der Waals surface area contributed by atoms with E-state index in [1.165, 1.54) is 0 Å². The average Bonchev–Trinajstić information content (AvgIpc) is 2.65. The van der Waals surface area contributed by atoms with Crippen molar-refractivity contribution in [3.63, 3.8) is 0 Å². The molecule has 1 aromatic heterocycles. The second-order valence-electron chi connectivity index (χ2n) is 5.71. The lowest BCUT2D eigenvalue weighted by atomic mass is 10.1. The molecule has 2 N–H and O–H groups in total. The van der Waals surface area contributed by atoms with Crippen LogP contribution in [0.5, 0.6) is 11.5 Å². The molecule has 0 fully saturated rings. The summed E-state index contributed by atoms with van der Waals surface area (Å²) in [5, 5.41) is 14.0. The molecule has 0 saturated heterocycles. The van der Waals surface area contributed by atoms with Gasteiger partial charge in [-0.1, -0.05) is 6.07 Å². The molecule has 0 aliphatic carbocycles. The fourth-order valence-electron chi connectivity index (χ4n) is 2.40. The lowest BCUT2D eigenvalue weighted by Gasteiger charge is -2.20. The molecular formula is C17H21N5O3. The molecule has 25 heavy (non-hydrogen) atoms. The van der Waals surface area contributed by atoms with Gasteiger partial charge in [0.15, 0.2) is 17.3 Å². The van der Waals surface area contributed by atoms with Crippen LogP contribution in [0.15, 0.2) is 30.5 Å². The summed E-state index contributed by atoms with van der Waals surface area (Å²) in [7, 11) is 3.88. The van der Waals surface area contributed by atoms with Crippen molar-refractivity contribution in [2.75, 3.05) is 50.6 Å². The number of carbonyl (C=O) groups is 1. The lowest BCUT2D eigenvalue weighted by molar-refractivity contribution is 0.0944. The second kappa shape index (κ2) is 7.69. The van der Waals surface area contributed by atoms with Crippen LogP contribution in [0, 0.1) is 0 Å². The van der Waals surface area contributed by atoms with Crippen molar-refractivity contribution in [2.24, 2.45) is 0 Å². The minimum absolute atomic E-state index is 0.197. The van der Waals surface area contributed by atoms with Crippen LogP contribution in [0.1, 0.15) is 10.4 Å². The Balaban J connectivity index is 1.53. The van der Waals surface area contributed by atoms with Crippen molar-refractivity contribution in [1.29, 1.82) is 0 Å². The summed E-state index contributed by atoms with van der Waals surface area (Å²) in [6.45, 7) is 1.91. The number of hydrogen-bond donors (Lipinski definition) is 2. The first kappa shape index (κ1) is 16.8. The van der Waals surface area contributed by atoms with Crippen LogP contribution in [0.25, 0.3) is 0 Å². The van der Waals surface area contributed by atoms with Gasteiger partial charge in [-0.25, -0.2) is 0 Å². The summed E-state index contributed by atoms with van der Waals surface area (Å²) in [5.74, 6) is 1.57. The Morgan fingerprint density at radius 2 is 2.08 bits per heavy atom. The maximum Gasteiger partial charge on any atom is 0.255 e. The fraction of sp³-hybridized carbons (Fsp3) is 0.353. The van der Waals surface area contributed by atoms with Gasteiger partial charge in [-0.2, -0.15) is 5.10 Å². The van der Waals surface area contributed by atoms with Crippen LogP contribution in [0.3, 0.4) is 0 Å². The first-order valence-electron chi connectivity index (χ1n) is 8.06. The van der Waals surface area contributed by atoms with Gasteiger partial charge in [0.2, 0.25) is 0 Å². The predicted octanol–water partition coefficient (Wildman–Crippen LogP) is 1.16. The molecule has 1 aromatic carbocycles. The number of nitrogens with one attached hydrogen (secondary N) is 2. The summed E-state index contributed by atoms with van der Waals surface area (Å²) in [6, 6.07) is 7.20. The molecule has 1 aliphatic rings.